The second-order valence-electron chi connectivity index (χ2n) is 7.46. The highest BCUT2D eigenvalue weighted by Crippen LogP contribution is 2.24. The molecular weight excluding hydrogens is 366 g/mol. The number of Topliss-reactive ketones (excluding diaryl/α,β-unsaturated/α-hetero) is 1. The van der Waals surface area contributed by atoms with Gasteiger partial charge in [0.1, 0.15) is 0 Å². The molecule has 1 heterocycles. The summed E-state index contributed by atoms with van der Waals surface area (Å²) >= 11 is 0. The third kappa shape index (κ3) is 7.00. The van der Waals surface area contributed by atoms with Gasteiger partial charge in [-0.05, 0) is 18.2 Å². The summed E-state index contributed by atoms with van der Waals surface area (Å²) in [6, 6.07) is 8.02. The standard InChI is InChI=1S/C24H31NO4/c1-2-3-4-5-6-7-8-9-11-14-22(26)19-17-20(24(28)29)23(27)21(18-19)25-15-12-10-13-16-25/h10,12-13,15-18H,2-9,11,14H2,1H3,(H-,26,27,28,29). The largest absolute Gasteiger partial charge is 0.867 e. The van der Waals surface area contributed by atoms with E-state index < -0.39 is 11.7 Å². The number of ketones is 1. The van der Waals surface area contributed by atoms with Crippen molar-refractivity contribution in [3.8, 4) is 11.4 Å². The van der Waals surface area contributed by atoms with E-state index >= 15 is 0 Å². The molecule has 0 fully saturated rings. The van der Waals surface area contributed by atoms with Crippen LogP contribution in [0.1, 0.15) is 91.8 Å². The van der Waals surface area contributed by atoms with Gasteiger partial charge in [-0.3, -0.25) is 4.79 Å². The normalized spacial score (nSPS) is 10.8. The molecule has 1 aromatic heterocycles. The maximum atomic E-state index is 12.6. The number of aromatic nitrogens is 1. The topological polar surface area (TPSA) is 81.3 Å². The van der Waals surface area contributed by atoms with Crippen LogP contribution < -0.4 is 9.67 Å². The van der Waals surface area contributed by atoms with Crippen LogP contribution in [0.25, 0.3) is 5.69 Å². The summed E-state index contributed by atoms with van der Waals surface area (Å²) in [5, 5.41) is 21.9. The van der Waals surface area contributed by atoms with Crippen molar-refractivity contribution in [3.05, 3.63) is 53.9 Å². The van der Waals surface area contributed by atoms with Crippen molar-refractivity contribution in [2.24, 2.45) is 0 Å². The summed E-state index contributed by atoms with van der Waals surface area (Å²) in [6.07, 6.45) is 14.2. The molecule has 0 bridgehead atoms. The molecule has 0 aliphatic rings. The van der Waals surface area contributed by atoms with Gasteiger partial charge in [0, 0.05) is 30.2 Å². The number of unbranched alkanes of at least 4 members (excludes halogenated alkanes) is 8. The van der Waals surface area contributed by atoms with E-state index in [0.29, 0.717) is 6.42 Å². The van der Waals surface area contributed by atoms with Gasteiger partial charge < -0.3 is 10.2 Å². The van der Waals surface area contributed by atoms with E-state index in [1.807, 2.05) is 0 Å². The van der Waals surface area contributed by atoms with Crippen LogP contribution in [0.2, 0.25) is 0 Å². The summed E-state index contributed by atoms with van der Waals surface area (Å²) in [5.41, 5.74) is 0.100. The summed E-state index contributed by atoms with van der Waals surface area (Å²) in [7, 11) is 0. The lowest BCUT2D eigenvalue weighted by Crippen LogP contribution is -2.31. The van der Waals surface area contributed by atoms with Crippen LogP contribution in [0.3, 0.4) is 0 Å². The Bertz CT molecular complexity index is 802. The van der Waals surface area contributed by atoms with E-state index in [4.69, 9.17) is 0 Å². The van der Waals surface area contributed by atoms with Crippen molar-refractivity contribution in [2.45, 2.75) is 71.1 Å². The molecule has 0 amide bonds. The Morgan fingerprint density at radius 1 is 0.897 bits per heavy atom. The smallest absolute Gasteiger partial charge is 0.335 e. The quantitative estimate of drug-likeness (QED) is 0.298. The number of hydrogen-bond donors (Lipinski definition) is 1. The van der Waals surface area contributed by atoms with E-state index in [9.17, 15) is 19.8 Å². The summed E-state index contributed by atoms with van der Waals surface area (Å²) in [5.74, 6) is -2.02. The van der Waals surface area contributed by atoms with Gasteiger partial charge in [0.15, 0.2) is 18.2 Å². The van der Waals surface area contributed by atoms with Crippen LogP contribution >= 0.6 is 0 Å². The average Bonchev–Trinajstić information content (AvgIpc) is 2.73. The maximum Gasteiger partial charge on any atom is 0.335 e. The van der Waals surface area contributed by atoms with Gasteiger partial charge in [0.2, 0.25) is 5.69 Å². The van der Waals surface area contributed by atoms with Crippen molar-refractivity contribution in [1.29, 1.82) is 0 Å². The molecular formula is C24H31NO4. The molecule has 0 aliphatic carbocycles. The molecule has 2 rings (SSSR count). The number of carbonyl (C=O) groups excluding carboxylic acids is 1. The third-order valence-corrected chi connectivity index (χ3v) is 5.12. The number of carbonyl (C=O) groups is 2. The molecule has 0 saturated heterocycles. The fraction of sp³-hybridized carbons (Fsp3) is 0.458. The van der Waals surface area contributed by atoms with E-state index in [-0.39, 0.29) is 22.6 Å². The van der Waals surface area contributed by atoms with Crippen LogP contribution in [-0.4, -0.2) is 16.9 Å². The monoisotopic (exact) mass is 397 g/mol. The second-order valence-corrected chi connectivity index (χ2v) is 7.46. The Kier molecular flexibility index (Phi) is 9.35. The summed E-state index contributed by atoms with van der Waals surface area (Å²) < 4.78 is 1.55. The predicted octanol–water partition coefficient (Wildman–Crippen LogP) is 4.84. The Labute approximate surface area is 173 Å². The van der Waals surface area contributed by atoms with Crippen LogP contribution in [0, 0.1) is 0 Å². The van der Waals surface area contributed by atoms with Crippen molar-refractivity contribution >= 4 is 11.8 Å². The molecule has 156 valence electrons. The van der Waals surface area contributed by atoms with Crippen molar-refractivity contribution < 1.29 is 24.4 Å². The van der Waals surface area contributed by atoms with E-state index in [1.54, 1.807) is 35.2 Å². The van der Waals surface area contributed by atoms with Gasteiger partial charge in [-0.2, -0.15) is 4.57 Å². The average molecular weight is 398 g/mol. The van der Waals surface area contributed by atoms with E-state index in [0.717, 1.165) is 19.3 Å². The zero-order chi connectivity index (χ0) is 21.1. The number of benzene rings is 1. The van der Waals surface area contributed by atoms with Gasteiger partial charge in [-0.15, -0.1) is 0 Å². The highest BCUT2D eigenvalue weighted by Gasteiger charge is 2.18. The first kappa shape index (κ1) is 22.6. The third-order valence-electron chi connectivity index (χ3n) is 5.12. The predicted molar refractivity (Wildman–Crippen MR) is 111 cm³/mol. The molecule has 0 atom stereocenters. The highest BCUT2D eigenvalue weighted by molar-refractivity contribution is 6.00. The number of carboxylic acid groups (broad SMARTS) is 1. The van der Waals surface area contributed by atoms with Crippen LogP contribution in [0.15, 0.2) is 42.7 Å². The fourth-order valence-corrected chi connectivity index (χ4v) is 3.42. The van der Waals surface area contributed by atoms with E-state index in [2.05, 4.69) is 6.92 Å². The number of pyridine rings is 1. The van der Waals surface area contributed by atoms with Gasteiger partial charge in [-0.1, -0.05) is 64.4 Å². The van der Waals surface area contributed by atoms with Crippen LogP contribution in [0.4, 0.5) is 0 Å². The Balaban J connectivity index is 1.96. The van der Waals surface area contributed by atoms with Gasteiger partial charge >= 0.3 is 5.97 Å². The number of carboxylic acids is 1. The lowest BCUT2D eigenvalue weighted by atomic mass is 9.99. The van der Waals surface area contributed by atoms with Crippen molar-refractivity contribution in [3.63, 3.8) is 0 Å². The molecule has 1 aromatic carbocycles. The molecule has 0 saturated carbocycles. The Morgan fingerprint density at radius 3 is 2.07 bits per heavy atom. The lowest BCUT2D eigenvalue weighted by Gasteiger charge is -2.14. The molecule has 0 spiro atoms. The number of nitrogens with zero attached hydrogens (tertiary/aromatic N) is 1. The first-order chi connectivity index (χ1) is 14.0. The Morgan fingerprint density at radius 2 is 1.48 bits per heavy atom. The molecule has 2 aromatic rings. The number of hydrogen-bond acceptors (Lipinski definition) is 3. The highest BCUT2D eigenvalue weighted by atomic mass is 16.4. The van der Waals surface area contributed by atoms with Crippen molar-refractivity contribution in [1.82, 2.24) is 0 Å². The lowest BCUT2D eigenvalue weighted by molar-refractivity contribution is -0.599. The zero-order valence-electron chi connectivity index (χ0n) is 17.2. The summed E-state index contributed by atoms with van der Waals surface area (Å²) in [4.78, 5) is 24.1. The SMILES string of the molecule is CCCCCCCCCCCC(=O)c1cc(C(=O)O)c([O-])c(-[n+]2ccccc2)c1. The minimum Gasteiger partial charge on any atom is -0.867 e. The zero-order valence-corrected chi connectivity index (χ0v) is 17.2. The second kappa shape index (κ2) is 12.0. The van der Waals surface area contributed by atoms with Crippen molar-refractivity contribution in [2.75, 3.05) is 0 Å². The van der Waals surface area contributed by atoms with Gasteiger partial charge in [0.05, 0.1) is 5.56 Å². The maximum absolute atomic E-state index is 12.6. The van der Waals surface area contributed by atoms with E-state index in [1.165, 1.54) is 50.7 Å². The molecule has 1 N–H and O–H groups in total. The van der Waals surface area contributed by atoms with Gasteiger partial charge in [0.25, 0.3) is 0 Å². The Hall–Kier alpha value is -2.69. The first-order valence-corrected chi connectivity index (χ1v) is 10.6. The molecule has 0 radical (unpaired) electrons. The molecule has 0 aliphatic heterocycles. The molecule has 5 nitrogen and oxygen atoms in total. The molecule has 0 unspecified atom stereocenters. The van der Waals surface area contributed by atoms with Crippen LogP contribution in [0.5, 0.6) is 5.75 Å². The summed E-state index contributed by atoms with van der Waals surface area (Å²) in [6.45, 7) is 2.21. The number of rotatable bonds is 13. The molecule has 5 heteroatoms. The van der Waals surface area contributed by atoms with Gasteiger partial charge in [-0.25, -0.2) is 4.79 Å². The first-order valence-electron chi connectivity index (χ1n) is 10.6. The van der Waals surface area contributed by atoms with Crippen LogP contribution in [-0.2, 0) is 0 Å². The fourth-order valence-electron chi connectivity index (χ4n) is 3.42. The molecule has 29 heavy (non-hydrogen) atoms. The number of aromatic carboxylic acids is 1. The minimum absolute atomic E-state index is 0.117. The minimum atomic E-state index is -1.31.